The molecule has 2 rings (SSSR count). The molecule has 0 N–H and O–H groups in total. The molecule has 16 heavy (non-hydrogen) atoms. The molecule has 0 aliphatic rings. The van der Waals surface area contributed by atoms with Gasteiger partial charge < -0.3 is 4.42 Å². The summed E-state index contributed by atoms with van der Waals surface area (Å²) >= 11 is 4.98. The van der Waals surface area contributed by atoms with Gasteiger partial charge in [-0.25, -0.2) is 0 Å². The highest BCUT2D eigenvalue weighted by molar-refractivity contribution is 9.10. The number of hydrogen-bond donors (Lipinski definition) is 0. The van der Waals surface area contributed by atoms with E-state index in [0.29, 0.717) is 16.4 Å². The van der Waals surface area contributed by atoms with Crippen LogP contribution in [-0.2, 0) is 0 Å². The van der Waals surface area contributed by atoms with Gasteiger partial charge in [-0.3, -0.25) is 0 Å². The van der Waals surface area contributed by atoms with Gasteiger partial charge in [0, 0.05) is 15.3 Å². The first kappa shape index (κ1) is 11.7. The molecule has 0 bridgehead atoms. The van der Waals surface area contributed by atoms with E-state index in [-0.39, 0.29) is 0 Å². The summed E-state index contributed by atoms with van der Waals surface area (Å²) in [7, 11) is 0. The quantitative estimate of drug-likeness (QED) is 0.803. The minimum Gasteiger partial charge on any atom is -0.411 e. The van der Waals surface area contributed by atoms with E-state index in [1.165, 1.54) is 0 Å². The number of benzene rings is 1. The summed E-state index contributed by atoms with van der Waals surface area (Å²) in [5.74, 6) is 0.560. The van der Waals surface area contributed by atoms with Crippen LogP contribution in [0.2, 0.25) is 0 Å². The standard InChI is InChI=1S/C11H11BrN2OS/c1-7(2)16-11-14-13-10(15-11)8-4-3-5-9(12)6-8/h3-7H,1-2H3. The van der Waals surface area contributed by atoms with E-state index in [2.05, 4.69) is 40.0 Å². The lowest BCUT2D eigenvalue weighted by Gasteiger charge is -1.97. The van der Waals surface area contributed by atoms with E-state index in [1.807, 2.05) is 24.3 Å². The van der Waals surface area contributed by atoms with Crippen LogP contribution >= 0.6 is 27.7 Å². The summed E-state index contributed by atoms with van der Waals surface area (Å²) in [6.45, 7) is 4.18. The molecule has 0 aliphatic heterocycles. The van der Waals surface area contributed by atoms with Gasteiger partial charge in [-0.1, -0.05) is 47.6 Å². The van der Waals surface area contributed by atoms with Crippen molar-refractivity contribution in [1.82, 2.24) is 10.2 Å². The fourth-order valence-electron chi connectivity index (χ4n) is 1.20. The molecule has 0 unspecified atom stereocenters. The van der Waals surface area contributed by atoms with Crippen molar-refractivity contribution in [2.75, 3.05) is 0 Å². The van der Waals surface area contributed by atoms with Gasteiger partial charge in [0.1, 0.15) is 0 Å². The Bertz CT molecular complexity index is 484. The van der Waals surface area contributed by atoms with Gasteiger partial charge in [-0.05, 0) is 18.2 Å². The smallest absolute Gasteiger partial charge is 0.277 e. The Hall–Kier alpha value is -0.810. The highest BCUT2D eigenvalue weighted by Crippen LogP contribution is 2.26. The lowest BCUT2D eigenvalue weighted by Crippen LogP contribution is -1.84. The molecule has 0 spiro atoms. The molecule has 1 heterocycles. The van der Waals surface area contributed by atoms with Crippen molar-refractivity contribution in [1.29, 1.82) is 0 Å². The van der Waals surface area contributed by atoms with E-state index in [4.69, 9.17) is 4.42 Å². The van der Waals surface area contributed by atoms with Crippen LogP contribution in [0.1, 0.15) is 13.8 Å². The molecule has 0 saturated carbocycles. The van der Waals surface area contributed by atoms with Gasteiger partial charge >= 0.3 is 0 Å². The Labute approximate surface area is 107 Å². The molecule has 5 heteroatoms. The first-order valence-electron chi connectivity index (χ1n) is 4.91. The number of nitrogens with zero attached hydrogens (tertiary/aromatic N) is 2. The van der Waals surface area contributed by atoms with Crippen LogP contribution in [0.4, 0.5) is 0 Å². The Kier molecular flexibility index (Phi) is 3.66. The molecule has 0 fully saturated rings. The van der Waals surface area contributed by atoms with E-state index in [0.717, 1.165) is 10.0 Å². The van der Waals surface area contributed by atoms with Gasteiger partial charge in [0.25, 0.3) is 5.22 Å². The van der Waals surface area contributed by atoms with E-state index in [1.54, 1.807) is 11.8 Å². The Morgan fingerprint density at radius 3 is 2.81 bits per heavy atom. The van der Waals surface area contributed by atoms with Crippen LogP contribution in [0.15, 0.2) is 38.4 Å². The fourth-order valence-corrected chi connectivity index (χ4v) is 2.21. The molecule has 0 radical (unpaired) electrons. The van der Waals surface area contributed by atoms with Gasteiger partial charge in [-0.2, -0.15) is 0 Å². The Morgan fingerprint density at radius 2 is 2.12 bits per heavy atom. The summed E-state index contributed by atoms with van der Waals surface area (Å²) in [5, 5.41) is 9.07. The summed E-state index contributed by atoms with van der Waals surface area (Å²) in [4.78, 5) is 0. The van der Waals surface area contributed by atoms with Crippen LogP contribution in [0.25, 0.3) is 11.5 Å². The second-order valence-corrected chi connectivity index (χ2v) is 5.99. The first-order valence-corrected chi connectivity index (χ1v) is 6.58. The van der Waals surface area contributed by atoms with Gasteiger partial charge in [0.2, 0.25) is 5.89 Å². The predicted octanol–water partition coefficient (Wildman–Crippen LogP) is 4.00. The van der Waals surface area contributed by atoms with Crippen LogP contribution < -0.4 is 0 Å². The zero-order valence-electron chi connectivity index (χ0n) is 8.98. The maximum atomic E-state index is 5.56. The number of hydrogen-bond acceptors (Lipinski definition) is 4. The van der Waals surface area contributed by atoms with E-state index in [9.17, 15) is 0 Å². The summed E-state index contributed by atoms with van der Waals surface area (Å²) in [6.07, 6.45) is 0. The fraction of sp³-hybridized carbons (Fsp3) is 0.273. The second kappa shape index (κ2) is 5.01. The zero-order valence-corrected chi connectivity index (χ0v) is 11.4. The van der Waals surface area contributed by atoms with Gasteiger partial charge in [0.15, 0.2) is 0 Å². The monoisotopic (exact) mass is 298 g/mol. The van der Waals surface area contributed by atoms with Crippen LogP contribution in [0, 0.1) is 0 Å². The average molecular weight is 299 g/mol. The van der Waals surface area contributed by atoms with Crippen LogP contribution in [0.5, 0.6) is 0 Å². The highest BCUT2D eigenvalue weighted by Gasteiger charge is 2.10. The molecule has 1 aromatic carbocycles. The van der Waals surface area contributed by atoms with Crippen molar-refractivity contribution in [3.8, 4) is 11.5 Å². The number of rotatable bonds is 3. The lowest BCUT2D eigenvalue weighted by molar-refractivity contribution is 0.465. The summed E-state index contributed by atoms with van der Waals surface area (Å²) in [5.41, 5.74) is 0.928. The molecule has 2 aromatic rings. The molecule has 3 nitrogen and oxygen atoms in total. The molecule has 1 aromatic heterocycles. The largest absolute Gasteiger partial charge is 0.411 e. The highest BCUT2D eigenvalue weighted by atomic mass is 79.9. The molecular formula is C11H11BrN2OS. The average Bonchev–Trinajstić information content (AvgIpc) is 2.65. The molecular weight excluding hydrogens is 288 g/mol. The maximum Gasteiger partial charge on any atom is 0.277 e. The van der Waals surface area contributed by atoms with Crippen molar-refractivity contribution < 1.29 is 4.42 Å². The number of aromatic nitrogens is 2. The Balaban J connectivity index is 2.24. The molecule has 0 aliphatic carbocycles. The van der Waals surface area contributed by atoms with Crippen LogP contribution in [-0.4, -0.2) is 15.4 Å². The van der Waals surface area contributed by atoms with Crippen molar-refractivity contribution in [2.45, 2.75) is 24.3 Å². The minimum absolute atomic E-state index is 0.441. The molecule has 0 atom stereocenters. The minimum atomic E-state index is 0.441. The van der Waals surface area contributed by atoms with E-state index >= 15 is 0 Å². The van der Waals surface area contributed by atoms with Gasteiger partial charge in [0.05, 0.1) is 0 Å². The third-order valence-corrected chi connectivity index (χ3v) is 3.15. The molecule has 84 valence electrons. The van der Waals surface area contributed by atoms with E-state index < -0.39 is 0 Å². The summed E-state index contributed by atoms with van der Waals surface area (Å²) in [6, 6.07) is 7.81. The first-order chi connectivity index (χ1) is 7.65. The van der Waals surface area contributed by atoms with Crippen LogP contribution in [0.3, 0.4) is 0 Å². The number of thioether (sulfide) groups is 1. The third-order valence-electron chi connectivity index (χ3n) is 1.81. The third kappa shape index (κ3) is 2.86. The number of halogens is 1. The molecule has 0 amide bonds. The van der Waals surface area contributed by atoms with Crippen molar-refractivity contribution in [2.24, 2.45) is 0 Å². The van der Waals surface area contributed by atoms with Gasteiger partial charge in [-0.15, -0.1) is 10.2 Å². The second-order valence-electron chi connectivity index (χ2n) is 3.55. The molecule has 0 saturated heterocycles. The maximum absolute atomic E-state index is 5.56. The van der Waals surface area contributed by atoms with Crippen molar-refractivity contribution >= 4 is 27.7 Å². The Morgan fingerprint density at radius 1 is 1.31 bits per heavy atom. The lowest BCUT2D eigenvalue weighted by atomic mass is 10.2. The SMILES string of the molecule is CC(C)Sc1nnc(-c2cccc(Br)c2)o1. The summed E-state index contributed by atoms with van der Waals surface area (Å²) < 4.78 is 6.56. The van der Waals surface area contributed by atoms with Crippen molar-refractivity contribution in [3.63, 3.8) is 0 Å². The predicted molar refractivity (Wildman–Crippen MR) is 68.4 cm³/mol. The normalized spacial score (nSPS) is 11.0. The topological polar surface area (TPSA) is 38.9 Å². The van der Waals surface area contributed by atoms with Crippen molar-refractivity contribution in [3.05, 3.63) is 28.7 Å². The zero-order chi connectivity index (χ0) is 11.5.